The first-order chi connectivity index (χ1) is 41.1. The predicted molar refractivity (Wildman–Crippen MR) is 331 cm³/mol. The van der Waals surface area contributed by atoms with Gasteiger partial charge in [0.15, 0.2) is 12.1 Å². The van der Waals surface area contributed by atoms with Gasteiger partial charge in [-0.15, -0.1) is 0 Å². The van der Waals surface area contributed by atoms with Crippen LogP contribution in [-0.4, -0.2) is 209 Å². The molecule has 5 N–H and O–H groups in total. The molecular formula is C65H95N11O11. The second-order valence-corrected chi connectivity index (χ2v) is 25.0. The molecule has 1 aromatic heterocycles. The first-order valence-corrected chi connectivity index (χ1v) is 30.9. The normalized spacial score (nSPS) is 26.1. The number of hydrogen-bond acceptors (Lipinski definition) is 14. The zero-order valence-corrected chi connectivity index (χ0v) is 53.5. The van der Waals surface area contributed by atoms with E-state index in [9.17, 15) is 38.7 Å². The van der Waals surface area contributed by atoms with Crippen LogP contribution in [0.15, 0.2) is 72.9 Å². The Morgan fingerprint density at radius 3 is 1.82 bits per heavy atom. The molecular weight excluding hydrogens is 1110 g/mol. The van der Waals surface area contributed by atoms with E-state index < -0.39 is 125 Å². The molecule has 87 heavy (non-hydrogen) atoms. The first-order valence-electron chi connectivity index (χ1n) is 30.9. The zero-order chi connectivity index (χ0) is 64.2. The van der Waals surface area contributed by atoms with Gasteiger partial charge >= 0.3 is 5.97 Å². The summed E-state index contributed by atoms with van der Waals surface area (Å²) in [5.74, 6) is -6.96. The molecule has 2 aromatic carbocycles. The van der Waals surface area contributed by atoms with Gasteiger partial charge in [-0.1, -0.05) is 103 Å². The number of nitrogens with zero attached hydrogens (tertiary/aromatic N) is 7. The molecule has 0 aliphatic carbocycles. The Kier molecular flexibility index (Phi) is 24.0. The van der Waals surface area contributed by atoms with E-state index >= 15 is 9.59 Å². The molecule has 6 rings (SSSR count). The van der Waals surface area contributed by atoms with E-state index in [1.54, 1.807) is 45.0 Å². The minimum Gasteiger partial charge on any atom is -0.450 e. The lowest BCUT2D eigenvalue weighted by Crippen LogP contribution is -2.62. The van der Waals surface area contributed by atoms with Gasteiger partial charge in [0.05, 0.1) is 5.60 Å². The van der Waals surface area contributed by atoms with Gasteiger partial charge in [0.1, 0.15) is 48.1 Å². The highest BCUT2D eigenvalue weighted by Crippen LogP contribution is 2.28. The van der Waals surface area contributed by atoms with Crippen LogP contribution in [0.1, 0.15) is 112 Å². The summed E-state index contributed by atoms with van der Waals surface area (Å²) in [6, 6.07) is 10.3. The number of ether oxygens (including phenoxy) is 1. The molecule has 3 aliphatic rings. The van der Waals surface area contributed by atoms with Crippen LogP contribution in [0.4, 0.5) is 5.82 Å². The second-order valence-electron chi connectivity index (χ2n) is 25.0. The van der Waals surface area contributed by atoms with Gasteiger partial charge in [0.25, 0.3) is 5.91 Å². The standard InChI is InChI=1S/C65H95N11O11/c1-15-40(5)53-62(83)71(11)42(7)56(77)68-48(34-39(3)4)60(81)74(14)55(65(9,10)86)64(85)87-54(41(6)16-2)63(84)72(12)43(8)57(78)69-49(36-44-22-18-17-19-23-44)59(80)73(13)51(61(82)76-31-21-26-50(76)58(79)70-53)37-45-24-20-25-46(35-45)47-27-28-52(67-38-47)75-32-29-66-30-33-75/h17-20,22-25,27-28,35,38-43,48-51,53-55,66,86H,15-16,21,26,29-34,36-37H2,1-14H3,(H,68,77)(H,69,78)(H,70,79)/t40?,41?,42-,43-,48?,49?,50?,51?,53?,54+,55?/m0/s1. The van der Waals surface area contributed by atoms with E-state index in [0.29, 0.717) is 30.4 Å². The Morgan fingerprint density at radius 2 is 1.23 bits per heavy atom. The fourth-order valence-corrected chi connectivity index (χ4v) is 11.5. The molecule has 3 saturated heterocycles. The Hall–Kier alpha value is -7.46. The van der Waals surface area contributed by atoms with E-state index in [4.69, 9.17) is 9.72 Å². The molecule has 0 radical (unpaired) electrons. The lowest BCUT2D eigenvalue weighted by Gasteiger charge is -2.39. The smallest absolute Gasteiger partial charge is 0.332 e. The first kappa shape index (κ1) is 68.7. The van der Waals surface area contributed by atoms with E-state index in [0.717, 1.165) is 52.9 Å². The molecule has 0 bridgehead atoms. The van der Waals surface area contributed by atoms with Crippen LogP contribution in [0.5, 0.6) is 0 Å². The van der Waals surface area contributed by atoms with E-state index in [2.05, 4.69) is 26.2 Å². The highest BCUT2D eigenvalue weighted by atomic mass is 16.6. The molecule has 0 saturated carbocycles. The number of cyclic esters (lactones) is 1. The van der Waals surface area contributed by atoms with Crippen LogP contribution in [0.3, 0.4) is 0 Å². The third-order valence-electron chi connectivity index (χ3n) is 17.7. The highest BCUT2D eigenvalue weighted by Gasteiger charge is 2.47. The molecule has 3 aromatic rings. The third-order valence-corrected chi connectivity index (χ3v) is 17.7. The van der Waals surface area contributed by atoms with Crippen molar-refractivity contribution >= 4 is 59.0 Å². The molecule has 3 aliphatic heterocycles. The Bertz CT molecular complexity index is 2900. The van der Waals surface area contributed by atoms with Crippen molar-refractivity contribution in [2.24, 2.45) is 17.8 Å². The number of carbonyl (C=O) groups excluding carboxylic acids is 9. The van der Waals surface area contributed by atoms with Crippen molar-refractivity contribution in [3.05, 3.63) is 84.1 Å². The molecule has 8 amide bonds. The number of carbonyl (C=O) groups is 9. The van der Waals surface area contributed by atoms with Crippen LogP contribution in [0.25, 0.3) is 11.1 Å². The molecule has 11 atom stereocenters. The van der Waals surface area contributed by atoms with Crippen molar-refractivity contribution in [2.45, 2.75) is 174 Å². The van der Waals surface area contributed by atoms with Gasteiger partial charge in [-0.3, -0.25) is 38.4 Å². The van der Waals surface area contributed by atoms with Crippen molar-refractivity contribution in [2.75, 3.05) is 65.8 Å². The number of likely N-dealkylation sites (N-methyl/N-ethyl adjacent to an activating group) is 4. The van der Waals surface area contributed by atoms with Gasteiger partial charge in [0.2, 0.25) is 41.4 Å². The summed E-state index contributed by atoms with van der Waals surface area (Å²) in [6.07, 6.45) is 1.74. The second kappa shape index (κ2) is 30.4. The topological polar surface area (TPSA) is 264 Å². The number of nitrogens with one attached hydrogen (secondary N) is 4. The van der Waals surface area contributed by atoms with Crippen LogP contribution >= 0.6 is 0 Å². The largest absolute Gasteiger partial charge is 0.450 e. The minimum absolute atomic E-state index is 0.0200. The fraction of sp³-hybridized carbons (Fsp3) is 0.600. The summed E-state index contributed by atoms with van der Waals surface area (Å²) in [5, 5.41) is 23.6. The Morgan fingerprint density at radius 1 is 0.632 bits per heavy atom. The lowest BCUT2D eigenvalue weighted by molar-refractivity contribution is -0.177. The Labute approximate surface area is 513 Å². The summed E-state index contributed by atoms with van der Waals surface area (Å²) in [7, 11) is 5.57. The SMILES string of the molecule is CCC(C)C1NC(=O)C2CCCN2C(=O)C(Cc2cccc(-c3ccc(N4CCNCC4)nc3)c2)N(C)C(=O)C(Cc2ccccc2)NC(=O)[C@H](C)N(C)C(=O)[C@@H](C(C)CC)OC(=O)C(C(C)(C)O)N(C)C(=O)C(CC(C)C)NC(=O)[C@H](C)N(C)C1=O. The number of rotatable bonds is 13. The van der Waals surface area contributed by atoms with Gasteiger partial charge < -0.3 is 60.5 Å². The van der Waals surface area contributed by atoms with Crippen LogP contribution in [-0.2, 0) is 60.7 Å². The van der Waals surface area contributed by atoms with Gasteiger partial charge in [-0.25, -0.2) is 9.78 Å². The van der Waals surface area contributed by atoms with Crippen molar-refractivity contribution < 1.29 is 53.0 Å². The van der Waals surface area contributed by atoms with Crippen molar-refractivity contribution in [3.63, 3.8) is 0 Å². The van der Waals surface area contributed by atoms with Crippen molar-refractivity contribution in [1.82, 2.24) is 50.8 Å². The summed E-state index contributed by atoms with van der Waals surface area (Å²) in [4.78, 5) is 147. The number of esters is 1. The van der Waals surface area contributed by atoms with Crippen LogP contribution in [0.2, 0.25) is 0 Å². The summed E-state index contributed by atoms with van der Waals surface area (Å²) >= 11 is 0. The summed E-state index contributed by atoms with van der Waals surface area (Å²) < 4.78 is 6.04. The molecule has 476 valence electrons. The van der Waals surface area contributed by atoms with Crippen molar-refractivity contribution in [3.8, 4) is 11.1 Å². The average molecular weight is 1210 g/mol. The zero-order valence-electron chi connectivity index (χ0n) is 53.5. The maximum atomic E-state index is 15.6. The number of anilines is 1. The molecule has 8 unspecified atom stereocenters. The average Bonchev–Trinajstić information content (AvgIpc) is 2.62. The van der Waals surface area contributed by atoms with Crippen molar-refractivity contribution in [1.29, 1.82) is 0 Å². The molecule has 4 heterocycles. The fourth-order valence-electron chi connectivity index (χ4n) is 11.5. The van der Waals surface area contributed by atoms with Crippen LogP contribution < -0.4 is 26.2 Å². The minimum atomic E-state index is -1.97. The van der Waals surface area contributed by atoms with Crippen LogP contribution in [0, 0.1) is 17.8 Å². The summed E-state index contributed by atoms with van der Waals surface area (Å²) in [5.41, 5.74) is 1.04. The number of aromatic nitrogens is 1. The quantitative estimate of drug-likeness (QED) is 0.153. The van der Waals surface area contributed by atoms with E-state index in [1.165, 1.54) is 70.6 Å². The number of benzene rings is 2. The number of pyridine rings is 1. The number of piperazine rings is 1. The Balaban J connectivity index is 1.46. The number of fused-ring (bicyclic) bond motifs is 1. The molecule has 22 nitrogen and oxygen atoms in total. The van der Waals surface area contributed by atoms with Gasteiger partial charge in [0, 0.05) is 91.4 Å². The molecule has 22 heteroatoms. The third kappa shape index (κ3) is 17.0. The maximum absolute atomic E-state index is 15.6. The number of amides is 8. The molecule has 3 fully saturated rings. The maximum Gasteiger partial charge on any atom is 0.332 e. The molecule has 0 spiro atoms. The number of aliphatic hydroxyl groups is 1. The van der Waals surface area contributed by atoms with E-state index in [-0.39, 0.29) is 38.1 Å². The monoisotopic (exact) mass is 1210 g/mol. The van der Waals surface area contributed by atoms with Gasteiger partial charge in [-0.2, -0.15) is 0 Å². The summed E-state index contributed by atoms with van der Waals surface area (Å²) in [6.45, 7) is 19.9. The predicted octanol–water partition coefficient (Wildman–Crippen LogP) is 3.57. The lowest BCUT2D eigenvalue weighted by atomic mass is 9.94. The van der Waals surface area contributed by atoms with E-state index in [1.807, 2.05) is 69.4 Å². The number of hydrogen-bond donors (Lipinski definition) is 5. The van der Waals surface area contributed by atoms with Gasteiger partial charge in [-0.05, 0) is 94.0 Å². The highest BCUT2D eigenvalue weighted by molar-refractivity contribution is 5.99.